The Morgan fingerprint density at radius 3 is 2.92 bits per heavy atom. The van der Waals surface area contributed by atoms with Crippen molar-refractivity contribution in [3.05, 3.63) is 58.2 Å². The Bertz CT molecular complexity index is 667. The number of benzene rings is 1. The molecule has 0 amide bonds. The first-order valence-corrected chi connectivity index (χ1v) is 7.45. The highest BCUT2D eigenvalue weighted by molar-refractivity contribution is 5.81. The van der Waals surface area contributed by atoms with Crippen LogP contribution in [0.2, 0.25) is 0 Å². The molecule has 1 unspecified atom stereocenters. The van der Waals surface area contributed by atoms with Crippen LogP contribution in [0.3, 0.4) is 0 Å². The van der Waals surface area contributed by atoms with Crippen molar-refractivity contribution in [2.75, 3.05) is 13.9 Å². The third-order valence-corrected chi connectivity index (χ3v) is 3.64. The fraction of sp³-hybridized carbons (Fsp3) is 0.353. The first-order chi connectivity index (χ1) is 11.5. The average molecular weight is 333 g/mol. The molecule has 1 heterocycles. The molecule has 0 spiro atoms. The molecule has 0 radical (unpaired) electrons. The van der Waals surface area contributed by atoms with Crippen LogP contribution in [0.4, 0.5) is 0 Å². The van der Waals surface area contributed by atoms with E-state index in [0.29, 0.717) is 29.9 Å². The van der Waals surface area contributed by atoms with Crippen molar-refractivity contribution in [3.63, 3.8) is 0 Å². The first kappa shape index (κ1) is 17.5. The molecule has 1 aliphatic rings. The van der Waals surface area contributed by atoms with Gasteiger partial charge in [0.2, 0.25) is 12.8 Å². The minimum absolute atomic E-state index is 0.126. The van der Waals surface area contributed by atoms with Crippen molar-refractivity contribution in [1.29, 1.82) is 0 Å². The second kappa shape index (κ2) is 8.14. The molecule has 0 bridgehead atoms. The van der Waals surface area contributed by atoms with E-state index in [1.165, 1.54) is 13.2 Å². The zero-order valence-electron chi connectivity index (χ0n) is 13.4. The van der Waals surface area contributed by atoms with Gasteiger partial charge in [0.15, 0.2) is 11.5 Å². The van der Waals surface area contributed by atoms with E-state index in [1.54, 1.807) is 24.3 Å². The molecule has 1 aromatic rings. The molecule has 0 N–H and O–H groups in total. The summed E-state index contributed by atoms with van der Waals surface area (Å²) in [4.78, 5) is 22.0. The molecule has 0 saturated heterocycles. The zero-order valence-corrected chi connectivity index (χ0v) is 13.4. The van der Waals surface area contributed by atoms with Gasteiger partial charge in [0.1, 0.15) is 0 Å². The number of hydrogen-bond donors (Lipinski definition) is 0. The maximum absolute atomic E-state index is 11.4. The molecule has 24 heavy (non-hydrogen) atoms. The van der Waals surface area contributed by atoms with Gasteiger partial charge in [-0.2, -0.15) is 0 Å². The van der Waals surface area contributed by atoms with Gasteiger partial charge in [0.25, 0.3) is 0 Å². The van der Waals surface area contributed by atoms with Gasteiger partial charge in [0.05, 0.1) is 7.11 Å². The summed E-state index contributed by atoms with van der Waals surface area (Å²) in [6, 6.07) is 4.10. The Morgan fingerprint density at radius 1 is 1.46 bits per heavy atom. The number of rotatable bonds is 8. The molecule has 0 aliphatic carbocycles. The predicted octanol–water partition coefficient (Wildman–Crippen LogP) is 3.19. The lowest BCUT2D eigenvalue weighted by molar-refractivity contribution is -0.528. The van der Waals surface area contributed by atoms with Crippen molar-refractivity contribution < 1.29 is 23.9 Å². The second-order valence-corrected chi connectivity index (χ2v) is 5.33. The Kier molecular flexibility index (Phi) is 5.95. The predicted molar refractivity (Wildman–Crippen MR) is 86.4 cm³/mol. The SMILES string of the molecule is C=C(CC/C=C/C(=O)OC)CC(c1ccc2c(c1)OCO2)[N+](=O)[O-]. The largest absolute Gasteiger partial charge is 0.466 e. The van der Waals surface area contributed by atoms with Gasteiger partial charge < -0.3 is 14.2 Å². The molecule has 7 nitrogen and oxygen atoms in total. The van der Waals surface area contributed by atoms with Gasteiger partial charge in [0, 0.05) is 23.0 Å². The van der Waals surface area contributed by atoms with Crippen molar-refractivity contribution in [2.45, 2.75) is 25.3 Å². The fourth-order valence-corrected chi connectivity index (χ4v) is 2.35. The molecule has 0 aromatic heterocycles. The van der Waals surface area contributed by atoms with E-state index in [4.69, 9.17) is 9.47 Å². The van der Waals surface area contributed by atoms with E-state index < -0.39 is 12.0 Å². The second-order valence-electron chi connectivity index (χ2n) is 5.33. The quantitative estimate of drug-likeness (QED) is 0.239. The lowest BCUT2D eigenvalue weighted by atomic mass is 9.97. The Morgan fingerprint density at radius 2 is 2.21 bits per heavy atom. The summed E-state index contributed by atoms with van der Waals surface area (Å²) in [5.41, 5.74) is 1.29. The fourth-order valence-electron chi connectivity index (χ4n) is 2.35. The van der Waals surface area contributed by atoms with Crippen LogP contribution < -0.4 is 9.47 Å². The van der Waals surface area contributed by atoms with Gasteiger partial charge in [-0.1, -0.05) is 18.2 Å². The highest BCUT2D eigenvalue weighted by Crippen LogP contribution is 2.36. The summed E-state index contributed by atoms with van der Waals surface area (Å²) in [6.45, 7) is 4.03. The number of hydrogen-bond acceptors (Lipinski definition) is 6. The highest BCUT2D eigenvalue weighted by Gasteiger charge is 2.26. The number of carbonyl (C=O) groups is 1. The maximum atomic E-state index is 11.4. The van der Waals surface area contributed by atoms with Gasteiger partial charge in [-0.3, -0.25) is 10.1 Å². The number of allylic oxidation sites excluding steroid dienone is 1. The van der Waals surface area contributed by atoms with Crippen molar-refractivity contribution in [2.24, 2.45) is 0 Å². The average Bonchev–Trinajstić information content (AvgIpc) is 3.03. The molecule has 7 heteroatoms. The molecular formula is C17H19NO6. The minimum Gasteiger partial charge on any atom is -0.466 e. The Hall–Kier alpha value is -2.83. The van der Waals surface area contributed by atoms with Crippen LogP contribution in [-0.4, -0.2) is 24.8 Å². The van der Waals surface area contributed by atoms with E-state index in [2.05, 4.69) is 11.3 Å². The van der Waals surface area contributed by atoms with Gasteiger partial charge in [-0.15, -0.1) is 0 Å². The Labute approximate surface area is 139 Å². The number of fused-ring (bicyclic) bond motifs is 1. The topological polar surface area (TPSA) is 87.9 Å². The van der Waals surface area contributed by atoms with Gasteiger partial charge in [-0.05, 0) is 31.0 Å². The van der Waals surface area contributed by atoms with E-state index in [1.807, 2.05) is 0 Å². The molecule has 1 atom stereocenters. The van der Waals surface area contributed by atoms with Crippen LogP contribution in [0.25, 0.3) is 0 Å². The maximum Gasteiger partial charge on any atom is 0.330 e. The van der Waals surface area contributed by atoms with Crippen LogP contribution in [0.1, 0.15) is 30.9 Å². The number of methoxy groups -OCH3 is 1. The smallest absolute Gasteiger partial charge is 0.330 e. The van der Waals surface area contributed by atoms with Crippen LogP contribution in [-0.2, 0) is 9.53 Å². The van der Waals surface area contributed by atoms with Crippen molar-refractivity contribution in [3.8, 4) is 11.5 Å². The summed E-state index contributed by atoms with van der Waals surface area (Å²) in [7, 11) is 1.30. The van der Waals surface area contributed by atoms with Crippen molar-refractivity contribution >= 4 is 5.97 Å². The van der Waals surface area contributed by atoms with Crippen LogP contribution in [0.5, 0.6) is 11.5 Å². The van der Waals surface area contributed by atoms with E-state index in [-0.39, 0.29) is 18.1 Å². The summed E-state index contributed by atoms with van der Waals surface area (Å²) in [5.74, 6) is 0.683. The normalized spacial score (nSPS) is 13.7. The van der Waals surface area contributed by atoms with Gasteiger partial charge in [-0.25, -0.2) is 4.79 Å². The number of nitro groups is 1. The number of esters is 1. The number of ether oxygens (including phenoxy) is 3. The summed E-state index contributed by atoms with van der Waals surface area (Å²) < 4.78 is 15.0. The zero-order chi connectivity index (χ0) is 17.5. The summed E-state index contributed by atoms with van der Waals surface area (Å²) in [6.07, 6.45) is 4.34. The molecular weight excluding hydrogens is 314 g/mol. The monoisotopic (exact) mass is 333 g/mol. The molecule has 1 aromatic carbocycles. The lowest BCUT2D eigenvalue weighted by Crippen LogP contribution is -2.11. The van der Waals surface area contributed by atoms with Gasteiger partial charge >= 0.3 is 5.97 Å². The van der Waals surface area contributed by atoms with Crippen molar-refractivity contribution in [1.82, 2.24) is 0 Å². The third kappa shape index (κ3) is 4.58. The lowest BCUT2D eigenvalue weighted by Gasteiger charge is -2.12. The molecule has 0 saturated carbocycles. The molecule has 128 valence electrons. The third-order valence-electron chi connectivity index (χ3n) is 3.64. The molecule has 2 rings (SSSR count). The van der Waals surface area contributed by atoms with Crippen LogP contribution in [0.15, 0.2) is 42.5 Å². The summed E-state index contributed by atoms with van der Waals surface area (Å²) in [5, 5.41) is 11.4. The first-order valence-electron chi connectivity index (χ1n) is 7.45. The van der Waals surface area contributed by atoms with E-state index in [9.17, 15) is 14.9 Å². The van der Waals surface area contributed by atoms with E-state index in [0.717, 1.165) is 5.57 Å². The molecule has 0 fully saturated rings. The minimum atomic E-state index is -0.892. The standard InChI is InChI=1S/C17H19NO6/c1-12(5-3-4-6-17(19)22-2)9-14(18(20)21)13-7-8-15-16(10-13)24-11-23-15/h4,6-8,10,14H,1,3,5,9,11H2,2H3/b6-4+. The van der Waals surface area contributed by atoms with Crippen LogP contribution in [0, 0.1) is 10.1 Å². The number of carbonyl (C=O) groups excluding carboxylic acids is 1. The van der Waals surface area contributed by atoms with E-state index >= 15 is 0 Å². The number of nitrogens with zero attached hydrogens (tertiary/aromatic N) is 1. The molecule has 1 aliphatic heterocycles. The van der Waals surface area contributed by atoms with Crippen LogP contribution >= 0.6 is 0 Å². The Balaban J connectivity index is 1.96. The summed E-state index contributed by atoms with van der Waals surface area (Å²) >= 11 is 0. The highest BCUT2D eigenvalue weighted by atomic mass is 16.7.